The van der Waals surface area contributed by atoms with Gasteiger partial charge in [0.1, 0.15) is 0 Å². The van der Waals surface area contributed by atoms with Crippen molar-refractivity contribution in [1.29, 1.82) is 0 Å². The predicted octanol–water partition coefficient (Wildman–Crippen LogP) is 3.53. The summed E-state index contributed by atoms with van der Waals surface area (Å²) in [4.78, 5) is 2.23. The molecule has 0 heterocycles. The molecule has 0 spiro atoms. The van der Waals surface area contributed by atoms with E-state index < -0.39 is 0 Å². The Balaban J connectivity index is 1.69. The maximum absolute atomic E-state index is 3.75. The van der Waals surface area contributed by atoms with Gasteiger partial charge in [-0.05, 0) is 49.2 Å². The molecule has 1 atom stereocenters. The quantitative estimate of drug-likeness (QED) is 0.901. The van der Waals surface area contributed by atoms with Crippen LogP contribution in [0.1, 0.15) is 34.7 Å². The van der Waals surface area contributed by atoms with E-state index in [4.69, 9.17) is 0 Å². The number of nitrogens with zero attached hydrogens (tertiary/aromatic N) is 1. The Labute approximate surface area is 127 Å². The molecule has 0 saturated heterocycles. The lowest BCUT2D eigenvalue weighted by molar-refractivity contribution is 0.399. The van der Waals surface area contributed by atoms with E-state index in [1.165, 1.54) is 35.1 Å². The second kappa shape index (κ2) is 6.42. The monoisotopic (exact) mass is 280 g/mol. The van der Waals surface area contributed by atoms with Gasteiger partial charge in [-0.15, -0.1) is 0 Å². The SMILES string of the molecule is CN(C)Cc1ccccc1CNC1CCc2ccccc21. The summed E-state index contributed by atoms with van der Waals surface area (Å²) in [6.45, 7) is 1.95. The number of hydrogen-bond acceptors (Lipinski definition) is 2. The Morgan fingerprint density at radius 3 is 2.52 bits per heavy atom. The number of nitrogens with one attached hydrogen (secondary N) is 1. The zero-order valence-electron chi connectivity index (χ0n) is 13.0. The molecule has 0 fully saturated rings. The Kier molecular flexibility index (Phi) is 4.37. The molecule has 0 aliphatic heterocycles. The molecule has 0 aromatic heterocycles. The summed E-state index contributed by atoms with van der Waals surface area (Å²) in [6, 6.07) is 18.1. The molecule has 2 nitrogen and oxygen atoms in total. The van der Waals surface area contributed by atoms with Crippen molar-refractivity contribution in [2.45, 2.75) is 32.0 Å². The molecule has 0 bridgehead atoms. The van der Waals surface area contributed by atoms with E-state index in [1.54, 1.807) is 0 Å². The van der Waals surface area contributed by atoms with Crippen molar-refractivity contribution >= 4 is 0 Å². The number of rotatable bonds is 5. The fraction of sp³-hybridized carbons (Fsp3) is 0.368. The average molecular weight is 280 g/mol. The van der Waals surface area contributed by atoms with Gasteiger partial charge in [0.25, 0.3) is 0 Å². The Hall–Kier alpha value is -1.64. The third-order valence-electron chi connectivity index (χ3n) is 4.28. The van der Waals surface area contributed by atoms with Gasteiger partial charge in [0.2, 0.25) is 0 Å². The highest BCUT2D eigenvalue weighted by molar-refractivity contribution is 5.34. The van der Waals surface area contributed by atoms with Crippen molar-refractivity contribution in [2.75, 3.05) is 14.1 Å². The summed E-state index contributed by atoms with van der Waals surface area (Å²) in [5, 5.41) is 3.75. The summed E-state index contributed by atoms with van der Waals surface area (Å²) in [5.74, 6) is 0. The second-order valence-corrected chi connectivity index (χ2v) is 6.18. The van der Waals surface area contributed by atoms with Crippen LogP contribution in [0.3, 0.4) is 0 Å². The van der Waals surface area contributed by atoms with Crippen LogP contribution < -0.4 is 5.32 Å². The van der Waals surface area contributed by atoms with Gasteiger partial charge in [-0.3, -0.25) is 0 Å². The molecule has 0 saturated carbocycles. The van der Waals surface area contributed by atoms with E-state index in [0.29, 0.717) is 6.04 Å². The molecule has 1 aliphatic rings. The molecule has 0 amide bonds. The highest BCUT2D eigenvalue weighted by Gasteiger charge is 2.21. The van der Waals surface area contributed by atoms with Crippen molar-refractivity contribution in [3.8, 4) is 0 Å². The smallest absolute Gasteiger partial charge is 0.0329 e. The van der Waals surface area contributed by atoms with E-state index in [1.807, 2.05) is 0 Å². The van der Waals surface area contributed by atoms with Gasteiger partial charge in [0, 0.05) is 19.1 Å². The third kappa shape index (κ3) is 3.34. The van der Waals surface area contributed by atoms with Gasteiger partial charge in [-0.1, -0.05) is 48.5 Å². The first-order chi connectivity index (χ1) is 10.2. The van der Waals surface area contributed by atoms with E-state index in [-0.39, 0.29) is 0 Å². The van der Waals surface area contributed by atoms with Crippen LogP contribution in [-0.2, 0) is 19.5 Å². The molecule has 1 N–H and O–H groups in total. The van der Waals surface area contributed by atoms with Gasteiger partial charge < -0.3 is 10.2 Å². The van der Waals surface area contributed by atoms with Crippen molar-refractivity contribution in [2.24, 2.45) is 0 Å². The van der Waals surface area contributed by atoms with Crippen LogP contribution in [0.25, 0.3) is 0 Å². The predicted molar refractivity (Wildman–Crippen MR) is 88.2 cm³/mol. The topological polar surface area (TPSA) is 15.3 Å². The molecular weight excluding hydrogens is 256 g/mol. The Morgan fingerprint density at radius 2 is 1.71 bits per heavy atom. The maximum Gasteiger partial charge on any atom is 0.0329 e. The highest BCUT2D eigenvalue weighted by atomic mass is 15.0. The normalized spacial score (nSPS) is 17.2. The fourth-order valence-corrected chi connectivity index (χ4v) is 3.23. The van der Waals surface area contributed by atoms with Crippen molar-refractivity contribution < 1.29 is 0 Å². The van der Waals surface area contributed by atoms with Crippen LogP contribution in [0.4, 0.5) is 0 Å². The minimum absolute atomic E-state index is 0.508. The first-order valence-corrected chi connectivity index (χ1v) is 7.77. The molecule has 21 heavy (non-hydrogen) atoms. The van der Waals surface area contributed by atoms with E-state index in [9.17, 15) is 0 Å². The van der Waals surface area contributed by atoms with E-state index >= 15 is 0 Å². The second-order valence-electron chi connectivity index (χ2n) is 6.18. The molecule has 110 valence electrons. The van der Waals surface area contributed by atoms with Crippen LogP contribution in [-0.4, -0.2) is 19.0 Å². The molecule has 2 heteroatoms. The lowest BCUT2D eigenvalue weighted by Gasteiger charge is -2.18. The largest absolute Gasteiger partial charge is 0.306 e. The van der Waals surface area contributed by atoms with Crippen molar-refractivity contribution in [3.63, 3.8) is 0 Å². The van der Waals surface area contributed by atoms with Crippen LogP contribution in [0.15, 0.2) is 48.5 Å². The molecule has 0 radical (unpaired) electrons. The van der Waals surface area contributed by atoms with Gasteiger partial charge in [-0.2, -0.15) is 0 Å². The number of benzene rings is 2. The summed E-state index contributed by atoms with van der Waals surface area (Å²) in [6.07, 6.45) is 2.42. The van der Waals surface area contributed by atoms with Gasteiger partial charge in [0.15, 0.2) is 0 Å². The molecule has 2 aromatic carbocycles. The number of fused-ring (bicyclic) bond motifs is 1. The number of hydrogen-bond donors (Lipinski definition) is 1. The molecule has 1 unspecified atom stereocenters. The Morgan fingerprint density at radius 1 is 1.00 bits per heavy atom. The highest BCUT2D eigenvalue weighted by Crippen LogP contribution is 2.31. The summed E-state index contributed by atoms with van der Waals surface area (Å²) < 4.78 is 0. The minimum atomic E-state index is 0.508. The maximum atomic E-state index is 3.75. The first-order valence-electron chi connectivity index (χ1n) is 7.77. The van der Waals surface area contributed by atoms with Crippen LogP contribution in [0.5, 0.6) is 0 Å². The third-order valence-corrected chi connectivity index (χ3v) is 4.28. The van der Waals surface area contributed by atoms with Gasteiger partial charge in [0.05, 0.1) is 0 Å². The molecular formula is C19H24N2. The average Bonchev–Trinajstić information content (AvgIpc) is 2.89. The van der Waals surface area contributed by atoms with Crippen molar-refractivity contribution in [1.82, 2.24) is 10.2 Å². The van der Waals surface area contributed by atoms with Gasteiger partial charge >= 0.3 is 0 Å². The van der Waals surface area contributed by atoms with Crippen LogP contribution in [0.2, 0.25) is 0 Å². The first kappa shape index (κ1) is 14.3. The summed E-state index contributed by atoms with van der Waals surface area (Å²) in [7, 11) is 4.24. The minimum Gasteiger partial charge on any atom is -0.306 e. The zero-order chi connectivity index (χ0) is 14.7. The Bertz CT molecular complexity index is 604. The summed E-state index contributed by atoms with van der Waals surface area (Å²) in [5.41, 5.74) is 5.83. The van der Waals surface area contributed by atoms with Gasteiger partial charge in [-0.25, -0.2) is 0 Å². The lowest BCUT2D eigenvalue weighted by atomic mass is 10.1. The summed E-state index contributed by atoms with van der Waals surface area (Å²) >= 11 is 0. The van der Waals surface area contributed by atoms with Crippen LogP contribution >= 0.6 is 0 Å². The van der Waals surface area contributed by atoms with E-state index in [0.717, 1.165) is 13.1 Å². The number of aryl methyl sites for hydroxylation is 1. The molecule has 1 aliphatic carbocycles. The zero-order valence-corrected chi connectivity index (χ0v) is 13.0. The fourth-order valence-electron chi connectivity index (χ4n) is 3.23. The standard InChI is InChI=1S/C19H24N2/c1-21(2)14-17-9-4-3-8-16(17)13-20-19-12-11-15-7-5-6-10-18(15)19/h3-10,19-20H,11-14H2,1-2H3. The van der Waals surface area contributed by atoms with E-state index in [2.05, 4.69) is 72.8 Å². The lowest BCUT2D eigenvalue weighted by Crippen LogP contribution is -2.20. The molecule has 3 rings (SSSR count). The van der Waals surface area contributed by atoms with Crippen LogP contribution in [0, 0.1) is 0 Å². The van der Waals surface area contributed by atoms with Crippen molar-refractivity contribution in [3.05, 3.63) is 70.8 Å². The molecule has 2 aromatic rings.